The van der Waals surface area contributed by atoms with Crippen LogP contribution in [0.1, 0.15) is 50.2 Å². The molecular formula is C28H34N4O4. The van der Waals surface area contributed by atoms with Gasteiger partial charge in [0.25, 0.3) is 0 Å². The molecule has 8 nitrogen and oxygen atoms in total. The molecular weight excluding hydrogens is 456 g/mol. The number of carboxylic acids is 1. The van der Waals surface area contributed by atoms with Crippen molar-refractivity contribution in [2.24, 2.45) is 0 Å². The number of aliphatic carboxylic acids is 1. The summed E-state index contributed by atoms with van der Waals surface area (Å²) in [7, 11) is 0. The Morgan fingerprint density at radius 3 is 2.47 bits per heavy atom. The highest BCUT2D eigenvalue weighted by Gasteiger charge is 2.25. The Hall–Kier alpha value is -3.65. The molecule has 1 aromatic heterocycles. The van der Waals surface area contributed by atoms with Gasteiger partial charge in [0, 0.05) is 31.7 Å². The van der Waals surface area contributed by atoms with Gasteiger partial charge in [-0.25, -0.2) is 9.97 Å². The molecule has 0 aliphatic carbocycles. The molecule has 0 saturated carbocycles. The van der Waals surface area contributed by atoms with E-state index in [-0.39, 0.29) is 12.3 Å². The Morgan fingerprint density at radius 2 is 1.83 bits per heavy atom. The van der Waals surface area contributed by atoms with Crippen LogP contribution in [0.15, 0.2) is 60.9 Å². The first-order valence-electron chi connectivity index (χ1n) is 12.6. The average molecular weight is 491 g/mol. The van der Waals surface area contributed by atoms with Crippen LogP contribution in [-0.2, 0) is 9.53 Å². The molecule has 0 radical (unpaired) electrons. The predicted octanol–water partition coefficient (Wildman–Crippen LogP) is 5.23. The highest BCUT2D eigenvalue weighted by Crippen LogP contribution is 2.37. The zero-order valence-corrected chi connectivity index (χ0v) is 20.9. The zero-order chi connectivity index (χ0) is 25.3. The molecule has 0 bridgehead atoms. The lowest BCUT2D eigenvalue weighted by Crippen LogP contribution is -2.39. The number of nitrogens with one attached hydrogen (secondary N) is 1. The van der Waals surface area contributed by atoms with Gasteiger partial charge in [0.05, 0.1) is 42.5 Å². The van der Waals surface area contributed by atoms with Crippen molar-refractivity contribution >= 4 is 23.0 Å². The standard InChI is InChI=1S/C28H34N4O4/c1-3-32(23-12-14-35-15-13-23)26-11-10-21(24(17-27(33)34)20-8-6-5-7-9-20)16-25(26)31-22-18-29-28(30-19-22)36-4-2/h5-11,16,18-19,23-24,31H,3-4,12-15,17H2,1-2H3,(H,33,34). The fourth-order valence-corrected chi connectivity index (χ4v) is 4.77. The molecule has 1 aliphatic rings. The number of rotatable bonds is 11. The monoisotopic (exact) mass is 490 g/mol. The van der Waals surface area contributed by atoms with E-state index in [1.54, 1.807) is 12.4 Å². The van der Waals surface area contributed by atoms with Crippen LogP contribution in [0.3, 0.4) is 0 Å². The van der Waals surface area contributed by atoms with Gasteiger partial charge in [-0.2, -0.15) is 0 Å². The molecule has 2 heterocycles. The summed E-state index contributed by atoms with van der Waals surface area (Å²) >= 11 is 0. The van der Waals surface area contributed by atoms with Crippen LogP contribution in [0.5, 0.6) is 6.01 Å². The summed E-state index contributed by atoms with van der Waals surface area (Å²) in [6.45, 7) is 6.90. The second kappa shape index (κ2) is 12.4. The van der Waals surface area contributed by atoms with Gasteiger partial charge in [-0.1, -0.05) is 36.4 Å². The smallest absolute Gasteiger partial charge is 0.316 e. The van der Waals surface area contributed by atoms with E-state index >= 15 is 0 Å². The quantitative estimate of drug-likeness (QED) is 0.377. The van der Waals surface area contributed by atoms with Crippen LogP contribution in [0.25, 0.3) is 0 Å². The van der Waals surface area contributed by atoms with Crippen LogP contribution >= 0.6 is 0 Å². The fraction of sp³-hybridized carbons (Fsp3) is 0.393. The second-order valence-electron chi connectivity index (χ2n) is 8.78. The second-order valence-corrected chi connectivity index (χ2v) is 8.78. The van der Waals surface area contributed by atoms with Crippen molar-refractivity contribution in [2.75, 3.05) is 36.6 Å². The molecule has 3 aromatic rings. The van der Waals surface area contributed by atoms with E-state index in [9.17, 15) is 9.90 Å². The number of benzene rings is 2. The molecule has 2 N–H and O–H groups in total. The Labute approximate surface area is 212 Å². The average Bonchev–Trinajstić information content (AvgIpc) is 2.91. The topological polar surface area (TPSA) is 96.8 Å². The maximum Gasteiger partial charge on any atom is 0.316 e. The number of carbonyl (C=O) groups is 1. The number of nitrogens with zero attached hydrogens (tertiary/aromatic N) is 3. The van der Waals surface area contributed by atoms with Gasteiger partial charge in [-0.15, -0.1) is 0 Å². The van der Waals surface area contributed by atoms with Gasteiger partial charge in [0.15, 0.2) is 0 Å². The molecule has 0 spiro atoms. The summed E-state index contributed by atoms with van der Waals surface area (Å²) in [5, 5.41) is 13.2. The molecule has 2 aromatic carbocycles. The summed E-state index contributed by atoms with van der Waals surface area (Å²) < 4.78 is 11.0. The number of carboxylic acid groups (broad SMARTS) is 1. The minimum absolute atomic E-state index is 0.00637. The Balaban J connectivity index is 1.74. The number of anilines is 3. The Kier molecular flexibility index (Phi) is 8.73. The van der Waals surface area contributed by atoms with Crippen molar-refractivity contribution in [1.29, 1.82) is 0 Å². The highest BCUT2D eigenvalue weighted by molar-refractivity contribution is 5.77. The number of ether oxygens (including phenoxy) is 2. The lowest BCUT2D eigenvalue weighted by atomic mass is 9.88. The summed E-state index contributed by atoms with van der Waals surface area (Å²) in [5.74, 6) is -1.10. The van der Waals surface area contributed by atoms with Crippen molar-refractivity contribution in [1.82, 2.24) is 9.97 Å². The van der Waals surface area contributed by atoms with E-state index in [2.05, 4.69) is 45.3 Å². The Bertz CT molecular complexity index is 1120. The van der Waals surface area contributed by atoms with Crippen molar-refractivity contribution in [2.45, 2.75) is 45.1 Å². The van der Waals surface area contributed by atoms with E-state index in [0.29, 0.717) is 18.7 Å². The molecule has 190 valence electrons. The minimum Gasteiger partial charge on any atom is -0.481 e. The van der Waals surface area contributed by atoms with Gasteiger partial charge < -0.3 is 24.8 Å². The third-order valence-corrected chi connectivity index (χ3v) is 6.47. The maximum absolute atomic E-state index is 11.8. The first-order valence-corrected chi connectivity index (χ1v) is 12.6. The minimum atomic E-state index is -0.834. The Morgan fingerprint density at radius 1 is 1.11 bits per heavy atom. The molecule has 1 aliphatic heterocycles. The summed E-state index contributed by atoms with van der Waals surface area (Å²) in [6, 6.07) is 16.7. The molecule has 1 atom stereocenters. The van der Waals surface area contributed by atoms with Crippen LogP contribution in [0, 0.1) is 0 Å². The van der Waals surface area contributed by atoms with Crippen LogP contribution in [-0.4, -0.2) is 53.5 Å². The predicted molar refractivity (Wildman–Crippen MR) is 140 cm³/mol. The van der Waals surface area contributed by atoms with Gasteiger partial charge in [0.2, 0.25) is 0 Å². The number of hydrogen-bond acceptors (Lipinski definition) is 7. The van der Waals surface area contributed by atoms with E-state index < -0.39 is 5.97 Å². The van der Waals surface area contributed by atoms with Crippen molar-refractivity contribution < 1.29 is 19.4 Å². The highest BCUT2D eigenvalue weighted by atomic mass is 16.5. The van der Waals surface area contributed by atoms with Gasteiger partial charge in [-0.05, 0) is 49.9 Å². The molecule has 1 unspecified atom stereocenters. The lowest BCUT2D eigenvalue weighted by molar-refractivity contribution is -0.137. The normalized spacial score (nSPS) is 14.7. The summed E-state index contributed by atoms with van der Waals surface area (Å²) in [4.78, 5) is 22.8. The van der Waals surface area contributed by atoms with Crippen LogP contribution in [0.4, 0.5) is 17.1 Å². The van der Waals surface area contributed by atoms with Gasteiger partial charge >= 0.3 is 12.0 Å². The van der Waals surface area contributed by atoms with E-state index in [0.717, 1.165) is 60.8 Å². The van der Waals surface area contributed by atoms with Crippen molar-refractivity contribution in [3.63, 3.8) is 0 Å². The first-order chi connectivity index (χ1) is 17.6. The zero-order valence-electron chi connectivity index (χ0n) is 20.9. The molecule has 1 saturated heterocycles. The van der Waals surface area contributed by atoms with E-state index in [1.807, 2.05) is 37.3 Å². The molecule has 1 fully saturated rings. The fourth-order valence-electron chi connectivity index (χ4n) is 4.77. The summed E-state index contributed by atoms with van der Waals surface area (Å²) in [5.41, 5.74) is 4.59. The number of aromatic nitrogens is 2. The SMILES string of the molecule is CCOc1ncc(Nc2cc(C(CC(=O)O)c3ccccc3)ccc2N(CC)C2CCOCC2)cn1. The lowest BCUT2D eigenvalue weighted by Gasteiger charge is -2.37. The molecule has 0 amide bonds. The van der Waals surface area contributed by atoms with E-state index in [4.69, 9.17) is 9.47 Å². The third-order valence-electron chi connectivity index (χ3n) is 6.47. The first kappa shape index (κ1) is 25.4. The third kappa shape index (κ3) is 6.31. The van der Waals surface area contributed by atoms with Crippen molar-refractivity contribution in [3.05, 3.63) is 72.1 Å². The maximum atomic E-state index is 11.8. The molecule has 36 heavy (non-hydrogen) atoms. The van der Waals surface area contributed by atoms with Gasteiger partial charge in [0.1, 0.15) is 0 Å². The number of hydrogen-bond donors (Lipinski definition) is 2. The van der Waals surface area contributed by atoms with Gasteiger partial charge in [-0.3, -0.25) is 4.79 Å². The van der Waals surface area contributed by atoms with Crippen LogP contribution < -0.4 is 15.0 Å². The largest absolute Gasteiger partial charge is 0.481 e. The van der Waals surface area contributed by atoms with E-state index in [1.165, 1.54) is 0 Å². The molecule has 8 heteroatoms. The van der Waals surface area contributed by atoms with Crippen molar-refractivity contribution in [3.8, 4) is 6.01 Å². The summed E-state index contributed by atoms with van der Waals surface area (Å²) in [6.07, 6.45) is 5.34. The molecule has 4 rings (SSSR count). The van der Waals surface area contributed by atoms with Crippen LogP contribution in [0.2, 0.25) is 0 Å².